The van der Waals surface area contributed by atoms with Crippen LogP contribution in [0.25, 0.3) is 0 Å². The van der Waals surface area contributed by atoms with Gasteiger partial charge in [-0.2, -0.15) is 0 Å². The normalized spacial score (nSPS) is 21.7. The molecule has 0 radical (unpaired) electrons. The van der Waals surface area contributed by atoms with Crippen LogP contribution in [0.2, 0.25) is 5.02 Å². The first kappa shape index (κ1) is 11.0. The summed E-state index contributed by atoms with van der Waals surface area (Å²) < 4.78 is 0. The molecule has 6 heteroatoms. The van der Waals surface area contributed by atoms with Gasteiger partial charge >= 0.3 is 0 Å². The molecule has 0 aromatic carbocycles. The van der Waals surface area contributed by atoms with Crippen LogP contribution in [0.1, 0.15) is 12.8 Å². The summed E-state index contributed by atoms with van der Waals surface area (Å²) in [5.74, 6) is 0.588. The standard InChI is InChI=1S/C9H11BrClN3O/c10-6-2-1-3-14(4-6)8-7(11)9(15)13-5-12-8/h5-6H,1-4H2,(H,12,13,15). The number of nitrogens with zero attached hydrogens (tertiary/aromatic N) is 2. The van der Waals surface area contributed by atoms with Crippen LogP contribution in [0.3, 0.4) is 0 Å². The number of nitrogens with one attached hydrogen (secondary N) is 1. The molecule has 1 aromatic heterocycles. The molecule has 15 heavy (non-hydrogen) atoms. The molecule has 0 amide bonds. The van der Waals surface area contributed by atoms with Crippen molar-refractivity contribution in [2.24, 2.45) is 0 Å². The van der Waals surface area contributed by atoms with Crippen LogP contribution >= 0.6 is 27.5 Å². The van der Waals surface area contributed by atoms with Crippen LogP contribution in [-0.2, 0) is 0 Å². The lowest BCUT2D eigenvalue weighted by molar-refractivity contribution is 0.590. The van der Waals surface area contributed by atoms with Crippen LogP contribution in [0.5, 0.6) is 0 Å². The minimum Gasteiger partial charge on any atom is -0.354 e. The second-order valence-corrected chi connectivity index (χ2v) is 5.23. The van der Waals surface area contributed by atoms with Crippen LogP contribution < -0.4 is 10.5 Å². The van der Waals surface area contributed by atoms with Gasteiger partial charge in [-0.25, -0.2) is 4.98 Å². The highest BCUT2D eigenvalue weighted by molar-refractivity contribution is 9.09. The Balaban J connectivity index is 2.28. The summed E-state index contributed by atoms with van der Waals surface area (Å²) in [7, 11) is 0. The third-order valence-corrected chi connectivity index (χ3v) is 3.53. The predicted octanol–water partition coefficient (Wildman–Crippen LogP) is 1.79. The zero-order valence-corrected chi connectivity index (χ0v) is 10.4. The molecule has 1 aromatic rings. The molecular weight excluding hydrogens is 281 g/mol. The maximum absolute atomic E-state index is 11.3. The maximum Gasteiger partial charge on any atom is 0.271 e. The predicted molar refractivity (Wildman–Crippen MR) is 64.0 cm³/mol. The van der Waals surface area contributed by atoms with Gasteiger partial charge in [0.1, 0.15) is 5.02 Å². The van der Waals surface area contributed by atoms with Crippen molar-refractivity contribution in [3.8, 4) is 0 Å². The summed E-state index contributed by atoms with van der Waals surface area (Å²) in [6.45, 7) is 1.74. The van der Waals surface area contributed by atoms with Gasteiger partial charge in [-0.3, -0.25) is 4.79 Å². The lowest BCUT2D eigenvalue weighted by Crippen LogP contribution is -2.37. The number of alkyl halides is 1. The topological polar surface area (TPSA) is 49.0 Å². The highest BCUT2D eigenvalue weighted by Crippen LogP contribution is 2.24. The average Bonchev–Trinajstić information content (AvgIpc) is 2.22. The van der Waals surface area contributed by atoms with Crippen LogP contribution in [0, 0.1) is 0 Å². The monoisotopic (exact) mass is 291 g/mol. The van der Waals surface area contributed by atoms with Gasteiger partial charge in [0.05, 0.1) is 6.33 Å². The van der Waals surface area contributed by atoms with Gasteiger partial charge in [-0.1, -0.05) is 27.5 Å². The number of H-pyrrole nitrogens is 1. The summed E-state index contributed by atoms with van der Waals surface area (Å²) in [5, 5.41) is 0.180. The first-order valence-electron chi connectivity index (χ1n) is 4.80. The van der Waals surface area contributed by atoms with Gasteiger partial charge in [-0.05, 0) is 12.8 Å². The van der Waals surface area contributed by atoms with Crippen molar-refractivity contribution in [3.05, 3.63) is 21.7 Å². The van der Waals surface area contributed by atoms with Crippen molar-refractivity contribution in [2.75, 3.05) is 18.0 Å². The van der Waals surface area contributed by atoms with Crippen molar-refractivity contribution in [3.63, 3.8) is 0 Å². The third kappa shape index (κ3) is 2.34. The minimum atomic E-state index is -0.279. The van der Waals surface area contributed by atoms with Crippen molar-refractivity contribution in [1.29, 1.82) is 0 Å². The van der Waals surface area contributed by atoms with E-state index in [0.717, 1.165) is 25.9 Å². The highest BCUT2D eigenvalue weighted by Gasteiger charge is 2.21. The molecule has 0 aliphatic carbocycles. The third-order valence-electron chi connectivity index (χ3n) is 2.44. The molecule has 4 nitrogen and oxygen atoms in total. The summed E-state index contributed by atoms with van der Waals surface area (Å²) in [6, 6.07) is 0. The largest absolute Gasteiger partial charge is 0.354 e. The molecule has 0 bridgehead atoms. The number of halogens is 2. The van der Waals surface area contributed by atoms with Gasteiger partial charge in [0, 0.05) is 17.9 Å². The number of piperidine rings is 1. The molecule has 0 saturated carbocycles. The Hall–Kier alpha value is -0.550. The summed E-state index contributed by atoms with van der Waals surface area (Å²) in [6.07, 6.45) is 3.62. The van der Waals surface area contributed by atoms with Gasteiger partial charge in [0.2, 0.25) is 0 Å². The van der Waals surface area contributed by atoms with E-state index in [1.54, 1.807) is 0 Å². The fourth-order valence-corrected chi connectivity index (χ4v) is 2.61. The number of aromatic nitrogens is 2. The van der Waals surface area contributed by atoms with E-state index >= 15 is 0 Å². The Labute approximate surface area is 101 Å². The van der Waals surface area contributed by atoms with E-state index in [9.17, 15) is 4.79 Å². The molecule has 82 valence electrons. The van der Waals surface area contributed by atoms with Crippen molar-refractivity contribution >= 4 is 33.3 Å². The first-order chi connectivity index (χ1) is 7.18. The van der Waals surface area contributed by atoms with E-state index in [1.165, 1.54) is 6.33 Å². The van der Waals surface area contributed by atoms with E-state index in [4.69, 9.17) is 11.6 Å². The zero-order chi connectivity index (χ0) is 10.8. The first-order valence-corrected chi connectivity index (χ1v) is 6.10. The molecule has 1 aliphatic rings. The van der Waals surface area contributed by atoms with E-state index in [2.05, 4.69) is 25.9 Å². The lowest BCUT2D eigenvalue weighted by Gasteiger charge is -2.31. The van der Waals surface area contributed by atoms with Gasteiger partial charge in [-0.15, -0.1) is 0 Å². The second kappa shape index (κ2) is 4.53. The Morgan fingerprint density at radius 3 is 3.20 bits per heavy atom. The van der Waals surface area contributed by atoms with Gasteiger partial charge < -0.3 is 9.88 Å². The quantitative estimate of drug-likeness (QED) is 0.803. The number of aromatic amines is 1. The highest BCUT2D eigenvalue weighted by atomic mass is 79.9. The van der Waals surface area contributed by atoms with Crippen LogP contribution in [-0.4, -0.2) is 27.9 Å². The van der Waals surface area contributed by atoms with E-state index < -0.39 is 0 Å². The summed E-state index contributed by atoms with van der Waals surface area (Å²) in [5.41, 5.74) is -0.279. The number of rotatable bonds is 1. The summed E-state index contributed by atoms with van der Waals surface area (Å²) >= 11 is 9.48. The van der Waals surface area contributed by atoms with E-state index in [1.807, 2.05) is 4.90 Å². The Morgan fingerprint density at radius 1 is 1.67 bits per heavy atom. The molecule has 1 unspecified atom stereocenters. The molecule has 1 N–H and O–H groups in total. The fourth-order valence-electron chi connectivity index (χ4n) is 1.71. The molecule has 0 spiro atoms. The molecular formula is C9H11BrClN3O. The Bertz CT molecular complexity index is 409. The zero-order valence-electron chi connectivity index (χ0n) is 8.04. The van der Waals surface area contributed by atoms with Crippen LogP contribution in [0.15, 0.2) is 11.1 Å². The SMILES string of the molecule is O=c1[nH]cnc(N2CCCC(Br)C2)c1Cl. The molecule has 2 heterocycles. The second-order valence-electron chi connectivity index (χ2n) is 3.55. The van der Waals surface area contributed by atoms with Gasteiger partial charge in [0.25, 0.3) is 5.56 Å². The summed E-state index contributed by atoms with van der Waals surface area (Å²) in [4.78, 5) is 20.4. The average molecular weight is 293 g/mol. The lowest BCUT2D eigenvalue weighted by atomic mass is 10.1. The number of hydrogen-bond acceptors (Lipinski definition) is 3. The van der Waals surface area contributed by atoms with Crippen molar-refractivity contribution < 1.29 is 0 Å². The molecule has 2 rings (SSSR count). The smallest absolute Gasteiger partial charge is 0.271 e. The van der Waals surface area contributed by atoms with E-state index in [-0.39, 0.29) is 10.6 Å². The van der Waals surface area contributed by atoms with Crippen molar-refractivity contribution in [1.82, 2.24) is 9.97 Å². The molecule has 1 aliphatic heterocycles. The van der Waals surface area contributed by atoms with Crippen molar-refractivity contribution in [2.45, 2.75) is 17.7 Å². The van der Waals surface area contributed by atoms with Gasteiger partial charge in [0.15, 0.2) is 5.82 Å². The number of anilines is 1. The Kier molecular flexibility index (Phi) is 3.31. The molecule has 1 saturated heterocycles. The molecule has 1 atom stereocenters. The maximum atomic E-state index is 11.3. The minimum absolute atomic E-state index is 0.180. The van der Waals surface area contributed by atoms with Crippen LogP contribution in [0.4, 0.5) is 5.82 Å². The van der Waals surface area contributed by atoms with E-state index in [0.29, 0.717) is 10.6 Å². The Morgan fingerprint density at radius 2 is 2.47 bits per heavy atom. The number of hydrogen-bond donors (Lipinski definition) is 1. The molecule has 1 fully saturated rings. The fraction of sp³-hybridized carbons (Fsp3) is 0.556.